The minimum absolute atomic E-state index is 0.0333. The monoisotopic (exact) mass is 508 g/mol. The van der Waals surface area contributed by atoms with Crippen LogP contribution in [0.2, 0.25) is 0 Å². The van der Waals surface area contributed by atoms with Gasteiger partial charge in [-0.25, -0.2) is 4.79 Å². The molecule has 0 radical (unpaired) electrons. The highest BCUT2D eigenvalue weighted by Gasteiger charge is 2.34. The van der Waals surface area contributed by atoms with Crippen molar-refractivity contribution in [2.24, 2.45) is 5.41 Å². The molecular weight excluding hydrogens is 476 g/mol. The summed E-state index contributed by atoms with van der Waals surface area (Å²) in [5.41, 5.74) is -0.400. The number of carbonyl (C=O) groups is 3. The first-order chi connectivity index (χ1) is 16.5. The molecule has 0 fully saturated rings. The van der Waals surface area contributed by atoms with Crippen molar-refractivity contribution in [1.82, 2.24) is 5.32 Å². The van der Waals surface area contributed by atoms with Gasteiger partial charge in [0.1, 0.15) is 18.4 Å². The molecule has 0 heterocycles. The van der Waals surface area contributed by atoms with Crippen LogP contribution in [0.1, 0.15) is 39.2 Å². The fourth-order valence-corrected chi connectivity index (χ4v) is 4.07. The van der Waals surface area contributed by atoms with Crippen molar-refractivity contribution in [3.63, 3.8) is 0 Å². The van der Waals surface area contributed by atoms with Crippen LogP contribution in [-0.2, 0) is 24.0 Å². The van der Waals surface area contributed by atoms with Crippen LogP contribution in [0.4, 0.5) is 0 Å². The number of amides is 1. The molecule has 11 heteroatoms. The smallest absolute Gasteiger partial charge is 0.329 e. The van der Waals surface area contributed by atoms with E-state index in [2.05, 4.69) is 10.2 Å². The van der Waals surface area contributed by atoms with E-state index in [1.807, 2.05) is 36.4 Å². The fourth-order valence-electron chi connectivity index (χ4n) is 3.14. The van der Waals surface area contributed by atoms with Crippen molar-refractivity contribution in [3.05, 3.63) is 47.2 Å². The summed E-state index contributed by atoms with van der Waals surface area (Å²) in [4.78, 5) is 42.5. The van der Waals surface area contributed by atoms with E-state index in [9.17, 15) is 19.6 Å². The maximum atomic E-state index is 12.9. The number of methoxy groups -OCH3 is 1. The van der Waals surface area contributed by atoms with Crippen LogP contribution in [0.25, 0.3) is 10.8 Å². The standard InChI is InChI=1S/C24H32N2O8S/c1-6-33-21(27)20(25-23(29)24(3,4)14-34-26(30)31)13-35-22(28)15(2)16-7-8-18-12-19(32-5)10-9-17(18)11-16/h7-12,15,20,26,30H,6,13-14H2,1-5H3,(H,25,29). The summed E-state index contributed by atoms with van der Waals surface area (Å²) in [6, 6.07) is 10.3. The predicted octanol–water partition coefficient (Wildman–Crippen LogP) is 1.99. The van der Waals surface area contributed by atoms with Gasteiger partial charge in [-0.3, -0.25) is 9.59 Å². The molecule has 0 bridgehead atoms. The molecule has 0 saturated heterocycles. The van der Waals surface area contributed by atoms with Crippen LogP contribution in [0, 0.1) is 10.6 Å². The van der Waals surface area contributed by atoms with E-state index in [4.69, 9.17) is 14.7 Å². The highest BCUT2D eigenvalue weighted by molar-refractivity contribution is 8.13. The second-order valence-corrected chi connectivity index (χ2v) is 9.57. The first kappa shape index (κ1) is 28.5. The third kappa shape index (κ3) is 8.18. The molecule has 0 aliphatic rings. The van der Waals surface area contributed by atoms with Crippen molar-refractivity contribution in [2.45, 2.75) is 39.7 Å². The Balaban J connectivity index is 2.08. The largest absolute Gasteiger partial charge is 0.566 e. The molecule has 0 aliphatic heterocycles. The molecule has 2 rings (SSSR count). The molecule has 0 aliphatic carbocycles. The molecular formula is C24H32N2O8S. The molecule has 3 unspecified atom stereocenters. The summed E-state index contributed by atoms with van der Waals surface area (Å²) in [6.45, 7) is 6.11. The van der Waals surface area contributed by atoms with E-state index in [-0.39, 0.29) is 24.1 Å². The quantitative estimate of drug-likeness (QED) is 0.290. The average Bonchev–Trinajstić information content (AvgIpc) is 2.83. The van der Waals surface area contributed by atoms with Gasteiger partial charge in [-0.2, -0.15) is 10.0 Å². The zero-order valence-electron chi connectivity index (χ0n) is 20.5. The molecule has 2 aromatic carbocycles. The van der Waals surface area contributed by atoms with Crippen LogP contribution in [-0.4, -0.2) is 54.3 Å². The normalized spacial score (nSPS) is 14.1. The van der Waals surface area contributed by atoms with Crippen LogP contribution in [0.15, 0.2) is 36.4 Å². The van der Waals surface area contributed by atoms with E-state index in [1.54, 1.807) is 21.0 Å². The molecule has 35 heavy (non-hydrogen) atoms. The van der Waals surface area contributed by atoms with Gasteiger partial charge in [0.2, 0.25) is 5.91 Å². The average molecular weight is 509 g/mol. The number of hydrogen-bond donors (Lipinski definition) is 3. The maximum Gasteiger partial charge on any atom is 0.329 e. The SMILES string of the molecule is CCOC(=O)C(CSC(=O)C(C)c1ccc2cc(OC)ccc2c1)NC(=O)C(C)(C)CO[NH+]([O-])O. The van der Waals surface area contributed by atoms with Crippen LogP contribution < -0.4 is 15.4 Å². The first-order valence-corrected chi connectivity index (χ1v) is 12.0. The highest BCUT2D eigenvalue weighted by Crippen LogP contribution is 2.28. The number of carbonyl (C=O) groups excluding carboxylic acids is 3. The third-order valence-corrected chi connectivity index (χ3v) is 6.50. The summed E-state index contributed by atoms with van der Waals surface area (Å²) < 4.78 is 10.3. The minimum Gasteiger partial charge on any atom is -0.566 e. The van der Waals surface area contributed by atoms with Gasteiger partial charge in [-0.1, -0.05) is 48.3 Å². The number of nitrogens with one attached hydrogen (secondary N) is 2. The number of ether oxygens (including phenoxy) is 2. The zero-order chi connectivity index (χ0) is 26.2. The fraction of sp³-hybridized carbons (Fsp3) is 0.458. The van der Waals surface area contributed by atoms with E-state index in [0.717, 1.165) is 33.8 Å². The van der Waals surface area contributed by atoms with E-state index in [0.29, 0.717) is 0 Å². The topological polar surface area (TPSA) is 139 Å². The van der Waals surface area contributed by atoms with Gasteiger partial charge in [0.05, 0.1) is 25.0 Å². The lowest BCUT2D eigenvalue weighted by atomic mass is 9.93. The highest BCUT2D eigenvalue weighted by atomic mass is 32.2. The van der Waals surface area contributed by atoms with Crippen molar-refractivity contribution >= 4 is 39.5 Å². The molecule has 0 spiro atoms. The summed E-state index contributed by atoms with van der Waals surface area (Å²) in [5, 5.41) is 22.2. The Hall–Kier alpha value is -2.70. The number of rotatable bonds is 12. The zero-order valence-corrected chi connectivity index (χ0v) is 21.3. The summed E-state index contributed by atoms with van der Waals surface area (Å²) in [6.07, 6.45) is 0. The third-order valence-electron chi connectivity index (χ3n) is 5.36. The molecule has 3 atom stereocenters. The van der Waals surface area contributed by atoms with Crippen LogP contribution in [0.5, 0.6) is 5.75 Å². The number of thioether (sulfide) groups is 1. The number of hydrogen-bond acceptors (Lipinski definition) is 9. The van der Waals surface area contributed by atoms with E-state index < -0.39 is 34.6 Å². The predicted molar refractivity (Wildman–Crippen MR) is 131 cm³/mol. The summed E-state index contributed by atoms with van der Waals surface area (Å²) >= 11 is 0.924. The van der Waals surface area contributed by atoms with Crippen LogP contribution in [0.3, 0.4) is 0 Å². The second kappa shape index (κ2) is 12.8. The minimum atomic E-state index is -1.50. The van der Waals surface area contributed by atoms with Gasteiger partial charge in [-0.15, -0.1) is 0 Å². The van der Waals surface area contributed by atoms with Gasteiger partial charge in [0.25, 0.3) is 0 Å². The molecule has 2 aromatic rings. The Morgan fingerprint density at radius 3 is 2.46 bits per heavy atom. The van der Waals surface area contributed by atoms with Crippen LogP contribution >= 0.6 is 11.8 Å². The maximum absolute atomic E-state index is 12.9. The van der Waals surface area contributed by atoms with Gasteiger partial charge in [0, 0.05) is 5.75 Å². The number of esters is 1. The molecule has 0 saturated carbocycles. The van der Waals surface area contributed by atoms with Gasteiger partial charge >= 0.3 is 5.97 Å². The Morgan fingerprint density at radius 2 is 1.83 bits per heavy atom. The Morgan fingerprint density at radius 1 is 1.17 bits per heavy atom. The molecule has 3 N–H and O–H groups in total. The van der Waals surface area contributed by atoms with Crippen molar-refractivity contribution < 1.29 is 39.3 Å². The number of quaternary nitrogens is 1. The Labute approximate surface area is 208 Å². The van der Waals surface area contributed by atoms with Gasteiger partial charge in [-0.05, 0) is 49.2 Å². The van der Waals surface area contributed by atoms with Gasteiger partial charge < -0.3 is 20.0 Å². The lowest BCUT2D eigenvalue weighted by molar-refractivity contribution is -1.21. The van der Waals surface area contributed by atoms with E-state index in [1.165, 1.54) is 13.8 Å². The van der Waals surface area contributed by atoms with Crippen molar-refractivity contribution in [2.75, 3.05) is 26.1 Å². The lowest BCUT2D eigenvalue weighted by Gasteiger charge is -2.26. The molecule has 0 aromatic heterocycles. The lowest BCUT2D eigenvalue weighted by Crippen LogP contribution is -3.03. The van der Waals surface area contributed by atoms with E-state index >= 15 is 0 Å². The van der Waals surface area contributed by atoms with Crippen molar-refractivity contribution in [1.29, 1.82) is 0 Å². The summed E-state index contributed by atoms with van der Waals surface area (Å²) in [5.74, 6) is -1.01. The molecule has 10 nitrogen and oxygen atoms in total. The molecule has 1 amide bonds. The Kier molecular flexibility index (Phi) is 10.5. The first-order valence-electron chi connectivity index (χ1n) is 11.1. The summed E-state index contributed by atoms with van der Waals surface area (Å²) in [7, 11) is 1.60. The van der Waals surface area contributed by atoms with Gasteiger partial charge in [0.15, 0.2) is 5.12 Å². The van der Waals surface area contributed by atoms with Crippen molar-refractivity contribution in [3.8, 4) is 5.75 Å². The number of benzene rings is 2. The second-order valence-electron chi connectivity index (χ2n) is 8.54. The number of fused-ring (bicyclic) bond motifs is 1. The Bertz CT molecular complexity index is 1040. The molecule has 192 valence electrons.